The summed E-state index contributed by atoms with van der Waals surface area (Å²) in [5.74, 6) is 1.27. The van der Waals surface area contributed by atoms with Crippen molar-refractivity contribution in [2.45, 2.75) is 39.8 Å². The highest BCUT2D eigenvalue weighted by Crippen LogP contribution is 2.21. The minimum Gasteiger partial charge on any atom is -0.475 e. The Labute approximate surface area is 129 Å². The second-order valence-corrected chi connectivity index (χ2v) is 5.51. The minimum absolute atomic E-state index is 0.0143. The van der Waals surface area contributed by atoms with Crippen molar-refractivity contribution in [2.75, 3.05) is 10.6 Å². The van der Waals surface area contributed by atoms with Crippen molar-refractivity contribution in [2.24, 2.45) is 0 Å². The zero-order valence-corrected chi connectivity index (χ0v) is 13.2. The van der Waals surface area contributed by atoms with Gasteiger partial charge in [0.05, 0.1) is 6.10 Å². The van der Waals surface area contributed by atoms with Gasteiger partial charge in [0.2, 0.25) is 11.8 Å². The number of ether oxygens (including phenoxy) is 1. The fourth-order valence-corrected chi connectivity index (χ4v) is 1.81. The number of nitrogens with one attached hydrogen (secondary N) is 2. The average molecular weight is 304 g/mol. The third-order valence-electron chi connectivity index (χ3n) is 2.60. The molecule has 1 aromatic heterocycles. The van der Waals surface area contributed by atoms with Gasteiger partial charge in [0.1, 0.15) is 11.6 Å². The van der Waals surface area contributed by atoms with Gasteiger partial charge in [0.25, 0.3) is 0 Å². The zero-order chi connectivity index (χ0) is 16.1. The van der Waals surface area contributed by atoms with Crippen LogP contribution in [0.3, 0.4) is 0 Å². The van der Waals surface area contributed by atoms with E-state index < -0.39 is 0 Å². The Morgan fingerprint density at radius 3 is 2.32 bits per heavy atom. The molecule has 118 valence electrons. The molecule has 0 aliphatic rings. The Hall–Kier alpha value is -2.37. The van der Waals surface area contributed by atoms with E-state index in [0.29, 0.717) is 23.3 Å². The Kier molecular flexibility index (Phi) is 5.14. The highest BCUT2D eigenvalue weighted by molar-refractivity contribution is 5.55. The Morgan fingerprint density at radius 2 is 1.73 bits per heavy atom. The molecule has 0 fully saturated rings. The number of aromatic nitrogens is 2. The lowest BCUT2D eigenvalue weighted by Crippen LogP contribution is -2.14. The molecule has 5 nitrogen and oxygen atoms in total. The molecule has 22 heavy (non-hydrogen) atoms. The molecule has 0 radical (unpaired) electrons. The van der Waals surface area contributed by atoms with Crippen molar-refractivity contribution >= 4 is 17.5 Å². The first kappa shape index (κ1) is 16.0. The molecule has 2 aromatic rings. The lowest BCUT2D eigenvalue weighted by Gasteiger charge is -2.14. The maximum Gasteiger partial charge on any atom is 0.232 e. The van der Waals surface area contributed by atoms with Gasteiger partial charge < -0.3 is 15.4 Å². The van der Waals surface area contributed by atoms with E-state index >= 15 is 0 Å². The van der Waals surface area contributed by atoms with Gasteiger partial charge in [-0.15, -0.1) is 0 Å². The maximum atomic E-state index is 13.0. The number of rotatable bonds is 6. The second-order valence-electron chi connectivity index (χ2n) is 5.51. The molecule has 0 amide bonds. The Bertz CT molecular complexity index is 586. The summed E-state index contributed by atoms with van der Waals surface area (Å²) in [5, 5.41) is 6.27. The number of hydrogen-bond donors (Lipinski definition) is 2. The fraction of sp³-hybridized carbons (Fsp3) is 0.375. The van der Waals surface area contributed by atoms with E-state index in [1.165, 1.54) is 12.1 Å². The predicted octanol–water partition coefficient (Wildman–Crippen LogP) is 3.97. The number of anilines is 3. The summed E-state index contributed by atoms with van der Waals surface area (Å²) in [7, 11) is 0. The molecular formula is C16H21FN4O. The smallest absolute Gasteiger partial charge is 0.232 e. The molecule has 1 aromatic carbocycles. The van der Waals surface area contributed by atoms with Gasteiger partial charge in [-0.25, -0.2) is 4.39 Å². The van der Waals surface area contributed by atoms with Gasteiger partial charge >= 0.3 is 0 Å². The molecule has 0 unspecified atom stereocenters. The van der Waals surface area contributed by atoms with Crippen LogP contribution in [0.2, 0.25) is 0 Å². The monoisotopic (exact) mass is 304 g/mol. The summed E-state index contributed by atoms with van der Waals surface area (Å²) in [6, 6.07) is 8.01. The molecule has 1 heterocycles. The minimum atomic E-state index is -0.287. The first-order chi connectivity index (χ1) is 10.4. The van der Waals surface area contributed by atoms with E-state index in [4.69, 9.17) is 4.74 Å². The van der Waals surface area contributed by atoms with Gasteiger partial charge in [-0.3, -0.25) is 0 Å². The lowest BCUT2D eigenvalue weighted by molar-refractivity contribution is 0.233. The molecule has 0 saturated heterocycles. The molecule has 6 heteroatoms. The molecule has 0 saturated carbocycles. The van der Waals surface area contributed by atoms with Crippen LogP contribution in [0.4, 0.5) is 21.8 Å². The largest absolute Gasteiger partial charge is 0.475 e. The van der Waals surface area contributed by atoms with Gasteiger partial charge in [0, 0.05) is 17.8 Å². The van der Waals surface area contributed by atoms with Crippen LogP contribution in [-0.2, 0) is 0 Å². The third-order valence-corrected chi connectivity index (χ3v) is 2.60. The van der Waals surface area contributed by atoms with Crippen molar-refractivity contribution in [1.29, 1.82) is 0 Å². The molecule has 0 atom stereocenters. The summed E-state index contributed by atoms with van der Waals surface area (Å²) in [6.07, 6.45) is 0.0143. The van der Waals surface area contributed by atoms with Gasteiger partial charge in [0.15, 0.2) is 0 Å². The molecule has 0 bridgehead atoms. The van der Waals surface area contributed by atoms with E-state index in [0.717, 1.165) is 0 Å². The highest BCUT2D eigenvalue weighted by Gasteiger charge is 2.08. The molecule has 0 aliphatic carbocycles. The SMILES string of the molecule is CC(C)Nc1cc(OC(C)C)nc(Nc2ccc(F)cc2)n1. The van der Waals surface area contributed by atoms with Gasteiger partial charge in [-0.2, -0.15) is 9.97 Å². The van der Waals surface area contributed by atoms with E-state index in [1.807, 2.05) is 27.7 Å². The van der Waals surface area contributed by atoms with E-state index in [9.17, 15) is 4.39 Å². The van der Waals surface area contributed by atoms with Crippen molar-refractivity contribution in [1.82, 2.24) is 9.97 Å². The standard InChI is InChI=1S/C16H21FN4O/c1-10(2)18-14-9-15(22-11(3)4)21-16(20-14)19-13-7-5-12(17)6-8-13/h5-11H,1-4H3,(H2,18,19,20,21). The van der Waals surface area contributed by atoms with Crippen LogP contribution in [0.25, 0.3) is 0 Å². The van der Waals surface area contributed by atoms with Crippen LogP contribution in [0.15, 0.2) is 30.3 Å². The van der Waals surface area contributed by atoms with Crippen LogP contribution in [0, 0.1) is 5.82 Å². The van der Waals surface area contributed by atoms with Crippen LogP contribution in [-0.4, -0.2) is 22.1 Å². The Balaban J connectivity index is 2.25. The summed E-state index contributed by atoms with van der Waals surface area (Å²) in [5.41, 5.74) is 0.707. The maximum absolute atomic E-state index is 13.0. The van der Waals surface area contributed by atoms with Gasteiger partial charge in [-0.05, 0) is 52.0 Å². The number of benzene rings is 1. The van der Waals surface area contributed by atoms with Crippen molar-refractivity contribution in [3.63, 3.8) is 0 Å². The summed E-state index contributed by atoms with van der Waals surface area (Å²) >= 11 is 0. The van der Waals surface area contributed by atoms with Crippen molar-refractivity contribution in [3.05, 3.63) is 36.1 Å². The number of hydrogen-bond acceptors (Lipinski definition) is 5. The molecular weight excluding hydrogens is 283 g/mol. The normalized spacial score (nSPS) is 10.9. The quantitative estimate of drug-likeness (QED) is 0.845. The highest BCUT2D eigenvalue weighted by atomic mass is 19.1. The van der Waals surface area contributed by atoms with E-state index in [-0.39, 0.29) is 18.0 Å². The van der Waals surface area contributed by atoms with Gasteiger partial charge in [-0.1, -0.05) is 0 Å². The van der Waals surface area contributed by atoms with E-state index in [1.54, 1.807) is 18.2 Å². The van der Waals surface area contributed by atoms with Crippen LogP contribution in [0.5, 0.6) is 5.88 Å². The van der Waals surface area contributed by atoms with Crippen molar-refractivity contribution in [3.8, 4) is 5.88 Å². The number of nitrogens with zero attached hydrogens (tertiary/aromatic N) is 2. The van der Waals surface area contributed by atoms with Crippen LogP contribution >= 0.6 is 0 Å². The first-order valence-electron chi connectivity index (χ1n) is 7.27. The average Bonchev–Trinajstić information content (AvgIpc) is 2.39. The lowest BCUT2D eigenvalue weighted by atomic mass is 10.3. The third kappa shape index (κ3) is 4.87. The number of halogens is 1. The first-order valence-corrected chi connectivity index (χ1v) is 7.27. The van der Waals surface area contributed by atoms with Crippen LogP contribution < -0.4 is 15.4 Å². The summed E-state index contributed by atoms with van der Waals surface area (Å²) in [6.45, 7) is 7.92. The molecule has 2 rings (SSSR count). The van der Waals surface area contributed by atoms with Crippen molar-refractivity contribution < 1.29 is 9.13 Å². The second kappa shape index (κ2) is 7.06. The fourth-order valence-electron chi connectivity index (χ4n) is 1.81. The molecule has 0 spiro atoms. The van der Waals surface area contributed by atoms with E-state index in [2.05, 4.69) is 20.6 Å². The molecule has 0 aliphatic heterocycles. The van der Waals surface area contributed by atoms with Crippen LogP contribution in [0.1, 0.15) is 27.7 Å². The topological polar surface area (TPSA) is 59.1 Å². The Morgan fingerprint density at radius 1 is 1.05 bits per heavy atom. The predicted molar refractivity (Wildman–Crippen MR) is 86.2 cm³/mol. The summed E-state index contributed by atoms with van der Waals surface area (Å²) in [4.78, 5) is 8.71. The molecule has 2 N–H and O–H groups in total. The zero-order valence-electron chi connectivity index (χ0n) is 13.2. The summed E-state index contributed by atoms with van der Waals surface area (Å²) < 4.78 is 18.6.